The average Bonchev–Trinajstić information content (AvgIpc) is 3.65. The smallest absolute Gasteiger partial charge is 0.415 e. The first-order valence-electron chi connectivity index (χ1n) is 10.9. The normalized spacial score (nSPS) is 25.4. The lowest BCUT2D eigenvalue weighted by molar-refractivity contribution is -0.385. The van der Waals surface area contributed by atoms with Crippen molar-refractivity contribution in [2.45, 2.75) is 30.5 Å². The van der Waals surface area contributed by atoms with E-state index in [2.05, 4.69) is 23.7 Å². The highest BCUT2D eigenvalue weighted by Crippen LogP contribution is 2.58. The first-order chi connectivity index (χ1) is 17.4. The SMILES string of the molecule is COc1cc(COC(=O)N2c3ccccc3[C@@]34O[C@H]3[C@@H]2C#C/C=C/C#C[C@H]4O)c([N+](=O)[O-])cc1OC. The number of aliphatic hydroxyl groups is 1. The Kier molecular flexibility index (Phi) is 5.77. The molecule has 0 aromatic heterocycles. The molecule has 5 rings (SSSR count). The number of anilines is 1. The molecular formula is C26H20N2O8. The van der Waals surface area contributed by atoms with Crippen molar-refractivity contribution < 1.29 is 33.8 Å². The number of rotatable bonds is 5. The quantitative estimate of drug-likeness (QED) is 0.295. The molecule has 3 aliphatic rings. The van der Waals surface area contributed by atoms with Crippen molar-refractivity contribution in [3.63, 3.8) is 0 Å². The number of fused-ring (bicyclic) bond motifs is 1. The zero-order valence-electron chi connectivity index (χ0n) is 19.3. The van der Waals surface area contributed by atoms with Crippen LogP contribution in [0.5, 0.6) is 11.5 Å². The Morgan fingerprint density at radius 1 is 1.17 bits per heavy atom. The molecule has 1 fully saturated rings. The van der Waals surface area contributed by atoms with Gasteiger partial charge in [0, 0.05) is 5.56 Å². The predicted octanol–water partition coefficient (Wildman–Crippen LogP) is 2.67. The Morgan fingerprint density at radius 3 is 2.58 bits per heavy atom. The van der Waals surface area contributed by atoms with Crippen LogP contribution < -0.4 is 14.4 Å². The molecule has 182 valence electrons. The largest absolute Gasteiger partial charge is 0.493 e. The molecule has 2 aromatic carbocycles. The molecule has 0 saturated carbocycles. The van der Waals surface area contributed by atoms with Crippen molar-refractivity contribution in [2.24, 2.45) is 0 Å². The lowest BCUT2D eigenvalue weighted by Gasteiger charge is -2.35. The Bertz CT molecular complexity index is 1410. The number of benzene rings is 2. The summed E-state index contributed by atoms with van der Waals surface area (Å²) in [7, 11) is 2.77. The van der Waals surface area contributed by atoms with E-state index in [1.165, 1.54) is 43.4 Å². The number of methoxy groups -OCH3 is 2. The summed E-state index contributed by atoms with van der Waals surface area (Å²) in [5.41, 5.74) is -0.253. The molecule has 0 radical (unpaired) electrons. The summed E-state index contributed by atoms with van der Waals surface area (Å²) in [6.45, 7) is -0.404. The van der Waals surface area contributed by atoms with E-state index in [9.17, 15) is 20.0 Å². The average molecular weight is 488 g/mol. The summed E-state index contributed by atoms with van der Waals surface area (Å²) in [5.74, 6) is 11.8. The molecule has 1 saturated heterocycles. The van der Waals surface area contributed by atoms with Crippen LogP contribution >= 0.6 is 0 Å². The summed E-state index contributed by atoms with van der Waals surface area (Å²) in [4.78, 5) is 25.8. The number of allylic oxidation sites excluding steroid dienone is 2. The van der Waals surface area contributed by atoms with E-state index in [0.29, 0.717) is 11.3 Å². The Hall–Kier alpha value is -4.51. The van der Waals surface area contributed by atoms with Crippen molar-refractivity contribution in [1.29, 1.82) is 0 Å². The standard InChI is InChI=1S/C26H20N2O8/c1-33-21-13-16(20(28(31)32)14-22(21)34-2)15-35-25(30)27-18-10-8-7-9-17(18)26-23(29)12-6-4-3-5-11-19(27)24(26)36-26/h3-4,7-10,13-14,19,23-24,29H,15H2,1-2H3/b4-3+/t19-,23+,24-,26-/m0/s1. The Labute approximate surface area is 206 Å². The van der Waals surface area contributed by atoms with E-state index in [-0.39, 0.29) is 22.7 Å². The van der Waals surface area contributed by atoms with Crippen molar-refractivity contribution in [3.05, 3.63) is 69.8 Å². The number of carbonyl (C=O) groups is 1. The van der Waals surface area contributed by atoms with E-state index >= 15 is 0 Å². The number of hydrogen-bond donors (Lipinski definition) is 1. The molecule has 2 bridgehead atoms. The maximum absolute atomic E-state index is 13.4. The number of carbonyl (C=O) groups excluding carboxylic acids is 1. The third kappa shape index (κ3) is 3.60. The molecule has 2 heterocycles. The van der Waals surface area contributed by atoms with Crippen LogP contribution in [0.1, 0.15) is 11.1 Å². The molecule has 0 unspecified atom stereocenters. The fourth-order valence-corrected chi connectivity index (χ4v) is 4.57. The van der Waals surface area contributed by atoms with Gasteiger partial charge < -0.3 is 24.1 Å². The van der Waals surface area contributed by atoms with Crippen molar-refractivity contribution in [2.75, 3.05) is 19.1 Å². The number of epoxide rings is 1. The second kappa shape index (κ2) is 8.93. The van der Waals surface area contributed by atoms with Gasteiger partial charge in [0.1, 0.15) is 18.8 Å². The minimum absolute atomic E-state index is 0.124. The summed E-state index contributed by atoms with van der Waals surface area (Å²) in [6, 6.07) is 8.79. The summed E-state index contributed by atoms with van der Waals surface area (Å²) in [6.07, 6.45) is 0.473. The van der Waals surface area contributed by atoms with Crippen LogP contribution in [-0.4, -0.2) is 48.6 Å². The molecule has 10 nitrogen and oxygen atoms in total. The number of ether oxygens (including phenoxy) is 4. The maximum Gasteiger partial charge on any atom is 0.415 e. The highest BCUT2D eigenvalue weighted by atomic mass is 16.6. The molecule has 10 heteroatoms. The van der Waals surface area contributed by atoms with Gasteiger partial charge in [0.15, 0.2) is 23.2 Å². The zero-order valence-corrected chi connectivity index (χ0v) is 19.3. The van der Waals surface area contributed by atoms with Gasteiger partial charge in [-0.25, -0.2) is 4.79 Å². The third-order valence-electron chi connectivity index (χ3n) is 6.27. The number of nitro benzene ring substituents is 1. The molecule has 1 aliphatic carbocycles. The van der Waals surface area contributed by atoms with Gasteiger partial charge in [-0.15, -0.1) is 0 Å². The lowest BCUT2D eigenvalue weighted by Crippen LogP contribution is -2.50. The van der Waals surface area contributed by atoms with Crippen LogP contribution in [0.2, 0.25) is 0 Å². The number of hydrogen-bond acceptors (Lipinski definition) is 8. The Balaban J connectivity index is 1.50. The van der Waals surface area contributed by atoms with Gasteiger partial charge in [-0.1, -0.05) is 41.9 Å². The number of amides is 1. The van der Waals surface area contributed by atoms with Gasteiger partial charge in [-0.3, -0.25) is 15.0 Å². The Morgan fingerprint density at radius 2 is 1.86 bits per heavy atom. The minimum Gasteiger partial charge on any atom is -0.493 e. The van der Waals surface area contributed by atoms with Gasteiger partial charge in [0.05, 0.1) is 36.5 Å². The highest BCUT2D eigenvalue weighted by Gasteiger charge is 2.70. The van der Waals surface area contributed by atoms with Crippen molar-refractivity contribution in [1.82, 2.24) is 0 Å². The van der Waals surface area contributed by atoms with Crippen LogP contribution in [0.4, 0.5) is 16.2 Å². The lowest BCUT2D eigenvalue weighted by atomic mass is 9.82. The van der Waals surface area contributed by atoms with E-state index in [0.717, 1.165) is 0 Å². The highest BCUT2D eigenvalue weighted by molar-refractivity contribution is 5.92. The van der Waals surface area contributed by atoms with Gasteiger partial charge >= 0.3 is 6.09 Å². The predicted molar refractivity (Wildman–Crippen MR) is 126 cm³/mol. The number of nitro groups is 1. The summed E-state index contributed by atoms with van der Waals surface area (Å²) in [5, 5.41) is 22.5. The first-order valence-corrected chi connectivity index (χ1v) is 10.9. The first kappa shape index (κ1) is 23.2. The van der Waals surface area contributed by atoms with E-state index in [4.69, 9.17) is 18.9 Å². The molecule has 1 N–H and O–H groups in total. The van der Waals surface area contributed by atoms with E-state index < -0.39 is 41.5 Å². The molecular weight excluding hydrogens is 468 g/mol. The van der Waals surface area contributed by atoms with Crippen molar-refractivity contribution in [3.8, 4) is 35.2 Å². The maximum atomic E-state index is 13.4. The second-order valence-corrected chi connectivity index (χ2v) is 8.12. The van der Waals surface area contributed by atoms with E-state index in [1.54, 1.807) is 24.3 Å². The van der Waals surface area contributed by atoms with Crippen molar-refractivity contribution >= 4 is 17.5 Å². The zero-order chi connectivity index (χ0) is 25.4. The van der Waals surface area contributed by atoms with Crippen LogP contribution in [0.15, 0.2) is 48.6 Å². The summed E-state index contributed by atoms with van der Waals surface area (Å²) >= 11 is 0. The molecule has 2 aliphatic heterocycles. The third-order valence-corrected chi connectivity index (χ3v) is 6.27. The fraction of sp³-hybridized carbons (Fsp3) is 0.269. The van der Waals surface area contributed by atoms with Crippen LogP contribution in [0.25, 0.3) is 0 Å². The molecule has 4 atom stereocenters. The monoisotopic (exact) mass is 488 g/mol. The number of nitrogens with zero attached hydrogens (tertiary/aromatic N) is 2. The number of para-hydroxylation sites is 1. The van der Waals surface area contributed by atoms with Crippen LogP contribution in [0.3, 0.4) is 0 Å². The fourth-order valence-electron chi connectivity index (χ4n) is 4.57. The molecule has 36 heavy (non-hydrogen) atoms. The molecule has 0 spiro atoms. The summed E-state index contributed by atoms with van der Waals surface area (Å²) < 4.78 is 21.9. The second-order valence-electron chi connectivity index (χ2n) is 8.12. The number of aliphatic hydroxyl groups excluding tert-OH is 1. The van der Waals surface area contributed by atoms with Crippen LogP contribution in [-0.2, 0) is 21.7 Å². The van der Waals surface area contributed by atoms with Gasteiger partial charge in [0.2, 0.25) is 0 Å². The van der Waals surface area contributed by atoms with Crippen LogP contribution in [0, 0.1) is 33.8 Å². The van der Waals surface area contributed by atoms with Gasteiger partial charge in [-0.2, -0.15) is 0 Å². The van der Waals surface area contributed by atoms with E-state index in [1.807, 2.05) is 0 Å². The molecule has 2 aromatic rings. The van der Waals surface area contributed by atoms with Gasteiger partial charge in [-0.05, 0) is 24.3 Å². The van der Waals surface area contributed by atoms with Gasteiger partial charge in [0.25, 0.3) is 5.69 Å². The topological polar surface area (TPSA) is 124 Å². The minimum atomic E-state index is -1.14. The molecule has 1 amide bonds.